The lowest BCUT2D eigenvalue weighted by Crippen LogP contribution is -2.51. The number of nitrogens with zero attached hydrogens (tertiary/aromatic N) is 2. The lowest BCUT2D eigenvalue weighted by atomic mass is 9.85. The van der Waals surface area contributed by atoms with Crippen LogP contribution in [0.2, 0.25) is 0 Å². The molecular formula is C31H43ClN4O3. The summed E-state index contributed by atoms with van der Waals surface area (Å²) >= 11 is 0. The molecule has 0 aromatic heterocycles. The Labute approximate surface area is 239 Å². The van der Waals surface area contributed by atoms with Crippen LogP contribution in [-0.2, 0) is 16.1 Å². The van der Waals surface area contributed by atoms with E-state index in [1.807, 2.05) is 35.2 Å². The second-order valence-electron chi connectivity index (χ2n) is 10.7. The van der Waals surface area contributed by atoms with Gasteiger partial charge in [0.25, 0.3) is 0 Å². The van der Waals surface area contributed by atoms with Crippen molar-refractivity contribution in [3.63, 3.8) is 0 Å². The zero-order valence-corrected chi connectivity index (χ0v) is 23.8. The van der Waals surface area contributed by atoms with Crippen LogP contribution in [0.25, 0.3) is 0 Å². The Kier molecular flexibility index (Phi) is 11.7. The first-order valence-electron chi connectivity index (χ1n) is 14.2. The Balaban J connectivity index is 0.00000420. The molecule has 1 heterocycles. The number of unbranched alkanes of at least 4 members (excludes halogenated alkanes) is 1. The van der Waals surface area contributed by atoms with Crippen molar-refractivity contribution in [2.24, 2.45) is 11.7 Å². The van der Waals surface area contributed by atoms with Gasteiger partial charge >= 0.3 is 12.0 Å². The third-order valence-corrected chi connectivity index (χ3v) is 8.11. The maximum atomic E-state index is 13.9. The number of piperidine rings is 1. The van der Waals surface area contributed by atoms with Gasteiger partial charge in [0.1, 0.15) is 5.84 Å². The minimum absolute atomic E-state index is 0. The van der Waals surface area contributed by atoms with Crippen LogP contribution < -0.4 is 5.73 Å². The van der Waals surface area contributed by atoms with E-state index in [1.54, 1.807) is 0 Å². The van der Waals surface area contributed by atoms with Gasteiger partial charge in [-0.3, -0.25) is 10.2 Å². The number of likely N-dealkylation sites (tertiary alicyclic amines) is 1. The predicted molar refractivity (Wildman–Crippen MR) is 157 cm³/mol. The van der Waals surface area contributed by atoms with E-state index in [1.165, 1.54) is 5.56 Å². The van der Waals surface area contributed by atoms with Gasteiger partial charge in [0, 0.05) is 31.2 Å². The average molecular weight is 555 g/mol. The molecule has 0 bridgehead atoms. The fraction of sp³-hybridized carbons (Fsp3) is 0.516. The molecule has 39 heavy (non-hydrogen) atoms. The molecule has 2 aromatic carbocycles. The van der Waals surface area contributed by atoms with Crippen LogP contribution in [0.4, 0.5) is 4.79 Å². The summed E-state index contributed by atoms with van der Waals surface area (Å²) in [6.07, 6.45) is 6.94. The van der Waals surface area contributed by atoms with E-state index in [9.17, 15) is 9.59 Å². The number of carbonyl (C=O) groups is 2. The van der Waals surface area contributed by atoms with Crippen molar-refractivity contribution in [1.29, 1.82) is 5.41 Å². The highest BCUT2D eigenvalue weighted by atomic mass is 35.5. The Morgan fingerprint density at radius 2 is 1.62 bits per heavy atom. The molecule has 0 atom stereocenters. The number of ether oxygens (including phenoxy) is 1. The summed E-state index contributed by atoms with van der Waals surface area (Å²) in [6, 6.07) is 18.4. The fourth-order valence-corrected chi connectivity index (χ4v) is 5.71. The number of amidine groups is 1. The number of benzene rings is 2. The molecule has 2 amide bonds. The molecule has 1 saturated heterocycles. The van der Waals surface area contributed by atoms with E-state index in [-0.39, 0.29) is 42.2 Å². The lowest BCUT2D eigenvalue weighted by Gasteiger charge is -2.41. The highest BCUT2D eigenvalue weighted by molar-refractivity contribution is 5.94. The van der Waals surface area contributed by atoms with Crippen molar-refractivity contribution in [2.45, 2.75) is 76.8 Å². The number of esters is 1. The van der Waals surface area contributed by atoms with Gasteiger partial charge in [0.15, 0.2) is 0 Å². The van der Waals surface area contributed by atoms with Gasteiger partial charge in [-0.15, -0.1) is 12.4 Å². The highest BCUT2D eigenvalue weighted by Crippen LogP contribution is 2.32. The van der Waals surface area contributed by atoms with Gasteiger partial charge in [-0.05, 0) is 62.0 Å². The summed E-state index contributed by atoms with van der Waals surface area (Å²) in [5.74, 6) is 0.354. The normalized spacial score (nSPS) is 19.6. The van der Waals surface area contributed by atoms with Crippen LogP contribution in [0, 0.1) is 11.3 Å². The number of nitrogens with two attached hydrogens (primary N) is 1. The number of nitrogen functional groups attached to an aromatic ring is 1. The van der Waals surface area contributed by atoms with E-state index in [0.717, 1.165) is 75.6 Å². The molecule has 0 spiro atoms. The molecular weight excluding hydrogens is 512 g/mol. The Bertz CT molecular complexity index is 1060. The molecule has 7 nitrogen and oxygen atoms in total. The standard InChI is InChI=1S/C31H42N4O3.ClH/c1-2-3-21-38-30(36)27-13-15-28(16-14-27)35(22-23-7-5-4-6-8-23)31(37)34-19-17-25(18-20-34)24-9-11-26(12-10-24)29(32)33;/h4-12,25,27-28H,2-3,13-22H2,1H3,(H3,32,33);1H. The molecule has 1 aliphatic heterocycles. The topological polar surface area (TPSA) is 99.7 Å². The van der Waals surface area contributed by atoms with Gasteiger partial charge < -0.3 is 20.3 Å². The Morgan fingerprint density at radius 3 is 2.21 bits per heavy atom. The van der Waals surface area contributed by atoms with Gasteiger partial charge in [-0.1, -0.05) is 67.9 Å². The number of halogens is 1. The van der Waals surface area contributed by atoms with Crippen LogP contribution in [-0.4, -0.2) is 53.4 Å². The quantitative estimate of drug-likeness (QED) is 0.169. The fourth-order valence-electron chi connectivity index (χ4n) is 5.71. The molecule has 1 saturated carbocycles. The van der Waals surface area contributed by atoms with Gasteiger partial charge in [-0.25, -0.2) is 4.79 Å². The van der Waals surface area contributed by atoms with E-state index >= 15 is 0 Å². The third kappa shape index (κ3) is 8.21. The summed E-state index contributed by atoms with van der Waals surface area (Å²) in [5, 5.41) is 7.60. The second kappa shape index (κ2) is 14.9. The summed E-state index contributed by atoms with van der Waals surface area (Å²) in [4.78, 5) is 30.4. The van der Waals surface area contributed by atoms with Crippen molar-refractivity contribution >= 4 is 30.2 Å². The maximum Gasteiger partial charge on any atom is 0.320 e. The largest absolute Gasteiger partial charge is 0.465 e. The molecule has 1 aliphatic carbocycles. The number of carbonyl (C=O) groups excluding carboxylic acids is 2. The number of amides is 2. The predicted octanol–water partition coefficient (Wildman–Crippen LogP) is 6.10. The third-order valence-electron chi connectivity index (χ3n) is 8.11. The summed E-state index contributed by atoms with van der Waals surface area (Å²) in [5.41, 5.74) is 8.71. The van der Waals surface area contributed by atoms with Crippen LogP contribution in [0.3, 0.4) is 0 Å². The summed E-state index contributed by atoms with van der Waals surface area (Å²) < 4.78 is 5.48. The van der Waals surface area contributed by atoms with E-state index in [2.05, 4.69) is 36.1 Å². The minimum Gasteiger partial charge on any atom is -0.465 e. The molecule has 2 fully saturated rings. The second-order valence-corrected chi connectivity index (χ2v) is 10.7. The van der Waals surface area contributed by atoms with E-state index in [0.29, 0.717) is 19.1 Å². The monoisotopic (exact) mass is 554 g/mol. The first kappa shape index (κ1) is 30.5. The maximum absolute atomic E-state index is 13.9. The smallest absolute Gasteiger partial charge is 0.320 e. The van der Waals surface area contributed by atoms with Crippen LogP contribution in [0.15, 0.2) is 54.6 Å². The van der Waals surface area contributed by atoms with Crippen LogP contribution >= 0.6 is 12.4 Å². The average Bonchev–Trinajstić information content (AvgIpc) is 2.96. The summed E-state index contributed by atoms with van der Waals surface area (Å²) in [7, 11) is 0. The van der Waals surface area contributed by atoms with E-state index in [4.69, 9.17) is 15.9 Å². The Morgan fingerprint density at radius 1 is 0.974 bits per heavy atom. The van der Waals surface area contributed by atoms with Gasteiger partial charge in [0.2, 0.25) is 0 Å². The summed E-state index contributed by atoms with van der Waals surface area (Å²) in [6.45, 7) is 4.63. The van der Waals surface area contributed by atoms with Crippen molar-refractivity contribution in [1.82, 2.24) is 9.80 Å². The molecule has 0 radical (unpaired) electrons. The highest BCUT2D eigenvalue weighted by Gasteiger charge is 2.35. The van der Waals surface area contributed by atoms with Crippen LogP contribution in [0.1, 0.15) is 80.9 Å². The van der Waals surface area contributed by atoms with Gasteiger partial charge in [0.05, 0.1) is 12.5 Å². The SMILES string of the molecule is CCCCOC(=O)C1CCC(N(Cc2ccccc2)C(=O)N2CCC(c3ccc(C(=N)N)cc3)CC2)CC1.Cl. The molecule has 2 aliphatic rings. The molecule has 2 aromatic rings. The number of hydrogen-bond acceptors (Lipinski definition) is 4. The molecule has 4 rings (SSSR count). The van der Waals surface area contributed by atoms with Crippen LogP contribution in [0.5, 0.6) is 0 Å². The molecule has 8 heteroatoms. The number of nitrogens with one attached hydrogen (secondary N) is 1. The molecule has 0 unspecified atom stereocenters. The Hall–Kier alpha value is -3.06. The first-order chi connectivity index (χ1) is 18.5. The number of rotatable bonds is 9. The van der Waals surface area contributed by atoms with Crippen molar-refractivity contribution in [3.05, 3.63) is 71.3 Å². The van der Waals surface area contributed by atoms with Crippen molar-refractivity contribution < 1.29 is 14.3 Å². The molecule has 3 N–H and O–H groups in total. The minimum atomic E-state index is -0.0729. The zero-order valence-electron chi connectivity index (χ0n) is 23.0. The number of hydrogen-bond donors (Lipinski definition) is 2. The molecule has 212 valence electrons. The van der Waals surface area contributed by atoms with Gasteiger partial charge in [-0.2, -0.15) is 0 Å². The zero-order chi connectivity index (χ0) is 26.9. The lowest BCUT2D eigenvalue weighted by molar-refractivity contribution is -0.150. The van der Waals surface area contributed by atoms with E-state index < -0.39 is 0 Å². The van der Waals surface area contributed by atoms with Crippen molar-refractivity contribution in [2.75, 3.05) is 19.7 Å². The van der Waals surface area contributed by atoms with Crippen molar-refractivity contribution in [3.8, 4) is 0 Å². The first-order valence-corrected chi connectivity index (χ1v) is 14.2. The number of urea groups is 1.